The van der Waals surface area contributed by atoms with Gasteiger partial charge in [0.1, 0.15) is 12.5 Å². The van der Waals surface area contributed by atoms with E-state index in [-0.39, 0.29) is 5.41 Å². The number of aromatic nitrogens is 2. The van der Waals surface area contributed by atoms with E-state index in [1.807, 2.05) is 6.20 Å². The molecule has 8 aromatic carbocycles. The van der Waals surface area contributed by atoms with Crippen molar-refractivity contribution in [3.63, 3.8) is 0 Å². The van der Waals surface area contributed by atoms with Gasteiger partial charge in [-0.3, -0.25) is 4.57 Å². The molecule has 0 saturated carbocycles. The fraction of sp³-hybridized carbons (Fsp3) is 0.185. The number of hydrogen-bond donors (Lipinski definition) is 0. The molecule has 0 N–H and O–H groups in total. The van der Waals surface area contributed by atoms with Crippen molar-refractivity contribution in [3.8, 4) is 16.9 Å². The summed E-state index contributed by atoms with van der Waals surface area (Å²) in [5, 5.41) is 2.40. The predicted molar refractivity (Wildman–Crippen MR) is 291 cm³/mol. The second kappa shape index (κ2) is 17.4. The van der Waals surface area contributed by atoms with Gasteiger partial charge in [0.05, 0.1) is 27.8 Å². The van der Waals surface area contributed by atoms with Crippen LogP contribution in [0.25, 0.3) is 38.8 Å². The number of nitrogens with zero attached hydrogens (tertiary/aromatic N) is 4. The third-order valence-corrected chi connectivity index (χ3v) is 14.5. The third-order valence-electron chi connectivity index (χ3n) is 14.5. The predicted octanol–water partition coefficient (Wildman–Crippen LogP) is 17.0. The molecule has 4 nitrogen and oxygen atoms in total. The van der Waals surface area contributed by atoms with Gasteiger partial charge in [-0.2, -0.15) is 0 Å². The number of rotatable bonds is 10. The van der Waals surface area contributed by atoms with Gasteiger partial charge >= 0.3 is 0 Å². The van der Waals surface area contributed by atoms with Crippen molar-refractivity contribution in [2.75, 3.05) is 16.5 Å². The molecule has 2 aromatic heterocycles. The highest BCUT2D eigenvalue weighted by atomic mass is 15.4. The first-order valence-electron chi connectivity index (χ1n) is 24.6. The molecule has 0 radical (unpaired) electrons. The first kappa shape index (κ1) is 43.9. The highest BCUT2D eigenvalue weighted by Gasteiger charge is 2.40. The van der Waals surface area contributed by atoms with E-state index >= 15 is 0 Å². The molecule has 0 atom stereocenters. The number of fused-ring (bicyclic) bond motifs is 4. The Morgan fingerprint density at radius 3 is 1.55 bits per heavy atom. The van der Waals surface area contributed by atoms with Crippen LogP contribution >= 0.6 is 0 Å². The van der Waals surface area contributed by atoms with E-state index in [4.69, 9.17) is 4.98 Å². The summed E-state index contributed by atoms with van der Waals surface area (Å²) in [7, 11) is 0. The van der Waals surface area contributed by atoms with Gasteiger partial charge in [-0.05, 0) is 128 Å². The quantitative estimate of drug-likeness (QED) is 0.128. The molecule has 11 rings (SSSR count). The van der Waals surface area contributed by atoms with Gasteiger partial charge < -0.3 is 9.80 Å². The van der Waals surface area contributed by atoms with Gasteiger partial charge in [-0.15, -0.1) is 0 Å². The molecule has 1 aliphatic heterocycles. The second-order valence-corrected chi connectivity index (χ2v) is 20.4. The van der Waals surface area contributed by atoms with E-state index in [9.17, 15) is 0 Å². The number of anilines is 4. The lowest BCUT2D eigenvalue weighted by Gasteiger charge is -2.37. The van der Waals surface area contributed by atoms with E-state index in [1.54, 1.807) is 0 Å². The SMILES string of the molecule is CC(C)c1cccc(C(C)C)c1-c1ccnc(-n2c3ccccc3c3ccc(C(c4ccccc4)(c4ccccc4)c4cccc(N5CN(c6cccc(C(C)(C)C)c6)c6ccccc65)c4)cc32)c1. The maximum Gasteiger partial charge on any atom is 0.138 e. The second-order valence-electron chi connectivity index (χ2n) is 20.4. The van der Waals surface area contributed by atoms with Crippen molar-refractivity contribution < 1.29 is 0 Å². The lowest BCUT2D eigenvalue weighted by molar-refractivity contribution is 0.590. The van der Waals surface area contributed by atoms with Gasteiger partial charge in [0.2, 0.25) is 0 Å². The molecule has 10 aromatic rings. The molecule has 1 aliphatic rings. The molecule has 69 heavy (non-hydrogen) atoms. The molecule has 0 fully saturated rings. The van der Waals surface area contributed by atoms with Crippen LogP contribution in [-0.4, -0.2) is 16.2 Å². The Hall–Kier alpha value is -7.69. The smallest absolute Gasteiger partial charge is 0.138 e. The van der Waals surface area contributed by atoms with Crippen molar-refractivity contribution in [2.45, 2.75) is 71.1 Å². The topological polar surface area (TPSA) is 24.3 Å². The van der Waals surface area contributed by atoms with Gasteiger partial charge in [0.25, 0.3) is 0 Å². The lowest BCUT2D eigenvalue weighted by atomic mass is 9.65. The zero-order valence-corrected chi connectivity index (χ0v) is 40.9. The van der Waals surface area contributed by atoms with Crippen LogP contribution in [0.3, 0.4) is 0 Å². The number of hydrogen-bond acceptors (Lipinski definition) is 3. The number of benzene rings is 8. The van der Waals surface area contributed by atoms with Crippen molar-refractivity contribution in [3.05, 3.63) is 251 Å². The highest BCUT2D eigenvalue weighted by Crippen LogP contribution is 2.50. The number of para-hydroxylation sites is 3. The molecule has 4 heteroatoms. The van der Waals surface area contributed by atoms with E-state index < -0.39 is 5.41 Å². The summed E-state index contributed by atoms with van der Waals surface area (Å²) in [6.45, 7) is 16.7. The largest absolute Gasteiger partial charge is 0.321 e. The van der Waals surface area contributed by atoms with E-state index in [1.165, 1.54) is 77.9 Å². The Balaban J connectivity index is 1.13. The normalized spacial score (nSPS) is 13.0. The molecular formula is C65H60N4. The van der Waals surface area contributed by atoms with Crippen molar-refractivity contribution in [1.82, 2.24) is 9.55 Å². The first-order chi connectivity index (χ1) is 33.5. The summed E-state index contributed by atoms with van der Waals surface area (Å²) in [6.07, 6.45) is 2.00. The summed E-state index contributed by atoms with van der Waals surface area (Å²) in [4.78, 5) is 10.1. The van der Waals surface area contributed by atoms with Crippen molar-refractivity contribution in [1.29, 1.82) is 0 Å². The number of pyridine rings is 1. The van der Waals surface area contributed by atoms with E-state index in [0.29, 0.717) is 18.5 Å². The first-order valence-corrected chi connectivity index (χ1v) is 24.6. The summed E-state index contributed by atoms with van der Waals surface area (Å²) < 4.78 is 2.40. The Bertz CT molecular complexity index is 3420. The fourth-order valence-electron chi connectivity index (χ4n) is 11.1. The molecule has 3 heterocycles. The molecule has 0 amide bonds. The zero-order valence-electron chi connectivity index (χ0n) is 40.9. The molecule has 340 valence electrons. The van der Waals surface area contributed by atoms with Gasteiger partial charge in [0, 0.05) is 28.3 Å². The molecule has 0 unspecified atom stereocenters. The minimum Gasteiger partial charge on any atom is -0.321 e. The maximum absolute atomic E-state index is 5.20. The molecule has 0 aliphatic carbocycles. The molecular weight excluding hydrogens is 837 g/mol. The van der Waals surface area contributed by atoms with Crippen LogP contribution in [0.4, 0.5) is 22.7 Å². The molecule has 0 spiro atoms. The molecule has 0 bridgehead atoms. The summed E-state index contributed by atoms with van der Waals surface area (Å²) in [5.74, 6) is 1.65. The van der Waals surface area contributed by atoms with Gasteiger partial charge in [0.15, 0.2) is 0 Å². The van der Waals surface area contributed by atoms with Crippen LogP contribution in [-0.2, 0) is 10.8 Å². The Morgan fingerprint density at radius 1 is 0.435 bits per heavy atom. The summed E-state index contributed by atoms with van der Waals surface area (Å²) >= 11 is 0. The Kier molecular flexibility index (Phi) is 11.1. The zero-order chi connectivity index (χ0) is 47.4. The molecule has 0 saturated heterocycles. The monoisotopic (exact) mass is 896 g/mol. The van der Waals surface area contributed by atoms with Crippen molar-refractivity contribution in [2.24, 2.45) is 0 Å². The summed E-state index contributed by atoms with van der Waals surface area (Å²) in [6, 6.07) is 76.7. The van der Waals surface area contributed by atoms with E-state index in [2.05, 4.69) is 269 Å². The fourth-order valence-corrected chi connectivity index (χ4v) is 11.1. The lowest BCUT2D eigenvalue weighted by Crippen LogP contribution is -2.31. The minimum absolute atomic E-state index is 0.0383. The van der Waals surface area contributed by atoms with Gasteiger partial charge in [-0.25, -0.2) is 4.98 Å². The maximum atomic E-state index is 5.20. The minimum atomic E-state index is -0.703. The third kappa shape index (κ3) is 7.50. The average Bonchev–Trinajstić information content (AvgIpc) is 3.93. The standard InChI is InChI=1S/C65H60N4/c1-44(2)54-30-20-31-55(45(3)4)63(54)46-37-38-66-62(39-46)69-58-32-15-14-29-56(58)57-36-35-51(42-61(57)69)65(47-21-10-8-11-22-47,48-23-12-9-13-24-48)50-26-19-28-53(41-50)68-43-67(59-33-16-17-34-60(59)68)52-27-18-25-49(40-52)64(5,6)7/h8-42,44-45H,43H2,1-7H3. The van der Waals surface area contributed by atoms with Crippen LogP contribution < -0.4 is 9.80 Å². The van der Waals surface area contributed by atoms with Crippen LogP contribution in [0, 0.1) is 0 Å². The Morgan fingerprint density at radius 2 is 0.942 bits per heavy atom. The van der Waals surface area contributed by atoms with Crippen LogP contribution in [0.1, 0.15) is 99.2 Å². The van der Waals surface area contributed by atoms with Crippen LogP contribution in [0.2, 0.25) is 0 Å². The van der Waals surface area contributed by atoms with Gasteiger partial charge in [-0.1, -0.05) is 194 Å². The average molecular weight is 897 g/mol. The van der Waals surface area contributed by atoms with Crippen LogP contribution in [0.15, 0.2) is 212 Å². The van der Waals surface area contributed by atoms with Crippen LogP contribution in [0.5, 0.6) is 0 Å². The summed E-state index contributed by atoms with van der Waals surface area (Å²) in [5.41, 5.74) is 17.7. The Labute approximate surface area is 408 Å². The highest BCUT2D eigenvalue weighted by molar-refractivity contribution is 6.09. The van der Waals surface area contributed by atoms with E-state index in [0.717, 1.165) is 22.5 Å². The van der Waals surface area contributed by atoms with Crippen molar-refractivity contribution >= 4 is 44.6 Å².